The average Bonchev–Trinajstić information content (AvgIpc) is 2.69. The molecule has 6 nitrogen and oxygen atoms in total. The maximum Gasteiger partial charge on any atom is 0.275 e. The standard InChI is InChI=1S/C12H19BrN4O2/c1-8(18)7-16-3-5-17(6-4-16)12(19)11-10(13)9(2)14-15-11/h8,18H,3-7H2,1-2H3,(H,14,15). The Hall–Kier alpha value is -0.920. The number of carbonyl (C=O) groups is 1. The van der Waals surface area contributed by atoms with Crippen molar-refractivity contribution in [1.82, 2.24) is 20.0 Å². The van der Waals surface area contributed by atoms with Crippen molar-refractivity contribution in [3.05, 3.63) is 15.9 Å². The van der Waals surface area contributed by atoms with E-state index in [2.05, 4.69) is 31.0 Å². The third-order valence-electron chi connectivity index (χ3n) is 3.26. The summed E-state index contributed by atoms with van der Waals surface area (Å²) in [5, 5.41) is 16.2. The van der Waals surface area contributed by atoms with Crippen LogP contribution in [-0.2, 0) is 0 Å². The zero-order valence-electron chi connectivity index (χ0n) is 11.2. The molecule has 1 fully saturated rings. The lowest BCUT2D eigenvalue weighted by Crippen LogP contribution is -2.50. The number of hydrogen-bond acceptors (Lipinski definition) is 4. The van der Waals surface area contributed by atoms with Crippen LogP contribution in [0.1, 0.15) is 23.1 Å². The van der Waals surface area contributed by atoms with Crippen LogP contribution in [-0.4, -0.2) is 69.8 Å². The molecular weight excluding hydrogens is 312 g/mol. The van der Waals surface area contributed by atoms with Gasteiger partial charge in [-0.3, -0.25) is 14.8 Å². The fourth-order valence-electron chi connectivity index (χ4n) is 2.21. The number of aromatic amines is 1. The number of β-amino-alcohol motifs (C(OH)–C–C–N with tert-alkyl or cyclic N) is 1. The summed E-state index contributed by atoms with van der Waals surface area (Å²) < 4.78 is 0.740. The highest BCUT2D eigenvalue weighted by Crippen LogP contribution is 2.20. The van der Waals surface area contributed by atoms with Crippen LogP contribution in [0.4, 0.5) is 0 Å². The van der Waals surface area contributed by atoms with Crippen molar-refractivity contribution in [2.45, 2.75) is 20.0 Å². The van der Waals surface area contributed by atoms with Gasteiger partial charge < -0.3 is 10.0 Å². The first kappa shape index (κ1) is 14.5. The first-order chi connectivity index (χ1) is 8.99. The van der Waals surface area contributed by atoms with Gasteiger partial charge in [0.2, 0.25) is 0 Å². The molecule has 1 aliphatic heterocycles. The molecular formula is C12H19BrN4O2. The van der Waals surface area contributed by atoms with Crippen LogP contribution >= 0.6 is 15.9 Å². The van der Waals surface area contributed by atoms with E-state index in [9.17, 15) is 9.90 Å². The molecule has 0 radical (unpaired) electrons. The fourth-order valence-corrected chi connectivity index (χ4v) is 2.56. The third kappa shape index (κ3) is 3.34. The van der Waals surface area contributed by atoms with Gasteiger partial charge in [-0.1, -0.05) is 0 Å². The van der Waals surface area contributed by atoms with Crippen molar-refractivity contribution >= 4 is 21.8 Å². The number of rotatable bonds is 3. The van der Waals surface area contributed by atoms with Crippen molar-refractivity contribution in [2.75, 3.05) is 32.7 Å². The Balaban J connectivity index is 1.94. The highest BCUT2D eigenvalue weighted by Gasteiger charge is 2.26. The van der Waals surface area contributed by atoms with Crippen molar-refractivity contribution in [3.8, 4) is 0 Å². The van der Waals surface area contributed by atoms with Crippen molar-refractivity contribution in [2.24, 2.45) is 0 Å². The van der Waals surface area contributed by atoms with E-state index in [0.717, 1.165) is 23.3 Å². The Morgan fingerprint density at radius 3 is 2.58 bits per heavy atom. The lowest BCUT2D eigenvalue weighted by atomic mass is 10.2. The number of piperazine rings is 1. The molecule has 0 aliphatic carbocycles. The zero-order valence-corrected chi connectivity index (χ0v) is 12.8. The Labute approximate surface area is 120 Å². The number of aliphatic hydroxyl groups excluding tert-OH is 1. The minimum Gasteiger partial charge on any atom is -0.392 e. The number of nitrogens with one attached hydrogen (secondary N) is 1. The molecule has 1 amide bonds. The summed E-state index contributed by atoms with van der Waals surface area (Å²) in [6.45, 7) is 7.23. The first-order valence-corrected chi connectivity index (χ1v) is 7.18. The number of amides is 1. The van der Waals surface area contributed by atoms with Crippen molar-refractivity contribution in [3.63, 3.8) is 0 Å². The van der Waals surface area contributed by atoms with E-state index in [1.165, 1.54) is 0 Å². The number of H-pyrrole nitrogens is 1. The Bertz CT molecular complexity index is 453. The van der Waals surface area contributed by atoms with Crippen LogP contribution in [0.2, 0.25) is 0 Å². The summed E-state index contributed by atoms with van der Waals surface area (Å²) >= 11 is 3.38. The molecule has 1 saturated heterocycles. The van der Waals surface area contributed by atoms with Crippen LogP contribution in [0.25, 0.3) is 0 Å². The summed E-state index contributed by atoms with van der Waals surface area (Å²) in [6.07, 6.45) is -0.328. The van der Waals surface area contributed by atoms with Crippen LogP contribution in [0.3, 0.4) is 0 Å². The topological polar surface area (TPSA) is 72.5 Å². The lowest BCUT2D eigenvalue weighted by Gasteiger charge is -2.34. The van der Waals surface area contributed by atoms with Crippen LogP contribution in [0.15, 0.2) is 4.47 Å². The van der Waals surface area contributed by atoms with Gasteiger partial charge in [0.05, 0.1) is 10.6 Å². The molecule has 2 rings (SSSR count). The summed E-state index contributed by atoms with van der Waals surface area (Å²) in [5.74, 6) is -0.0482. The smallest absolute Gasteiger partial charge is 0.275 e. The predicted octanol–water partition coefficient (Wildman–Crippen LogP) is 0.619. The van der Waals surface area contributed by atoms with E-state index in [0.29, 0.717) is 25.3 Å². The van der Waals surface area contributed by atoms with Gasteiger partial charge in [0.1, 0.15) is 0 Å². The van der Waals surface area contributed by atoms with E-state index in [1.54, 1.807) is 11.8 Å². The van der Waals surface area contributed by atoms with Crippen LogP contribution in [0.5, 0.6) is 0 Å². The molecule has 0 spiro atoms. The number of carbonyl (C=O) groups excluding carboxylic acids is 1. The summed E-state index contributed by atoms with van der Waals surface area (Å²) in [5.41, 5.74) is 1.30. The van der Waals surface area contributed by atoms with E-state index < -0.39 is 0 Å². The maximum absolute atomic E-state index is 12.3. The molecule has 1 aromatic rings. The molecule has 1 aliphatic rings. The normalized spacial score (nSPS) is 18.6. The fraction of sp³-hybridized carbons (Fsp3) is 0.667. The third-order valence-corrected chi connectivity index (χ3v) is 4.23. The van der Waals surface area contributed by atoms with E-state index in [4.69, 9.17) is 0 Å². The number of aromatic nitrogens is 2. The van der Waals surface area contributed by atoms with E-state index >= 15 is 0 Å². The Morgan fingerprint density at radius 2 is 2.11 bits per heavy atom. The van der Waals surface area contributed by atoms with Crippen LogP contribution in [0, 0.1) is 6.92 Å². The minimum atomic E-state index is -0.328. The summed E-state index contributed by atoms with van der Waals surface area (Å²) in [7, 11) is 0. The summed E-state index contributed by atoms with van der Waals surface area (Å²) in [6, 6.07) is 0. The predicted molar refractivity (Wildman–Crippen MR) is 75.0 cm³/mol. The van der Waals surface area contributed by atoms with Gasteiger partial charge in [0.25, 0.3) is 5.91 Å². The minimum absolute atomic E-state index is 0.0482. The second kappa shape index (κ2) is 6.02. The molecule has 2 N–H and O–H groups in total. The highest BCUT2D eigenvalue weighted by atomic mass is 79.9. The molecule has 106 valence electrons. The number of aryl methyl sites for hydroxylation is 1. The van der Waals surface area contributed by atoms with Gasteiger partial charge in [-0.2, -0.15) is 5.10 Å². The molecule has 0 aromatic carbocycles. The van der Waals surface area contributed by atoms with Gasteiger partial charge in [0.15, 0.2) is 5.69 Å². The van der Waals surface area contributed by atoms with Gasteiger partial charge in [0, 0.05) is 38.4 Å². The average molecular weight is 331 g/mol. The van der Waals surface area contributed by atoms with Gasteiger partial charge in [-0.15, -0.1) is 0 Å². The highest BCUT2D eigenvalue weighted by molar-refractivity contribution is 9.10. The molecule has 1 aromatic heterocycles. The quantitative estimate of drug-likeness (QED) is 0.852. The second-order valence-corrected chi connectivity index (χ2v) is 5.75. The first-order valence-electron chi connectivity index (χ1n) is 6.39. The Kier molecular flexibility index (Phi) is 4.59. The number of halogens is 1. The SMILES string of the molecule is Cc1[nH]nc(C(=O)N2CCN(CC(C)O)CC2)c1Br. The number of hydrogen-bond donors (Lipinski definition) is 2. The van der Waals surface area contributed by atoms with Gasteiger partial charge >= 0.3 is 0 Å². The molecule has 1 unspecified atom stereocenters. The maximum atomic E-state index is 12.3. The monoisotopic (exact) mass is 330 g/mol. The zero-order chi connectivity index (χ0) is 14.0. The molecule has 7 heteroatoms. The lowest BCUT2D eigenvalue weighted by molar-refractivity contribution is 0.0548. The van der Waals surface area contributed by atoms with Gasteiger partial charge in [-0.25, -0.2) is 0 Å². The van der Waals surface area contributed by atoms with E-state index in [1.807, 2.05) is 6.92 Å². The van der Waals surface area contributed by atoms with Crippen molar-refractivity contribution < 1.29 is 9.90 Å². The van der Waals surface area contributed by atoms with E-state index in [-0.39, 0.29) is 12.0 Å². The Morgan fingerprint density at radius 1 is 1.47 bits per heavy atom. The molecule has 0 saturated carbocycles. The van der Waals surface area contributed by atoms with Gasteiger partial charge in [-0.05, 0) is 29.8 Å². The molecule has 0 bridgehead atoms. The number of nitrogens with zero attached hydrogens (tertiary/aromatic N) is 3. The summed E-state index contributed by atoms with van der Waals surface area (Å²) in [4.78, 5) is 16.3. The second-order valence-electron chi connectivity index (χ2n) is 4.95. The molecule has 1 atom stereocenters. The molecule has 19 heavy (non-hydrogen) atoms. The van der Waals surface area contributed by atoms with Crippen LogP contribution < -0.4 is 0 Å². The number of aliphatic hydroxyl groups is 1. The van der Waals surface area contributed by atoms with Crippen molar-refractivity contribution in [1.29, 1.82) is 0 Å². The molecule has 2 heterocycles. The largest absolute Gasteiger partial charge is 0.392 e.